The molecule has 4 rings (SSSR count). The first-order valence-electron chi connectivity index (χ1n) is 10.6. The lowest BCUT2D eigenvalue weighted by Crippen LogP contribution is -2.31. The van der Waals surface area contributed by atoms with Crippen LogP contribution in [-0.2, 0) is 6.42 Å². The topological polar surface area (TPSA) is 15.7 Å². The molecule has 2 aliphatic heterocycles. The second-order valence-electron chi connectivity index (χ2n) is 8.24. The molecule has 1 aromatic rings. The molecule has 0 bridgehead atoms. The molecule has 0 N–H and O–H groups in total. The quantitative estimate of drug-likeness (QED) is 0.679. The van der Waals surface area contributed by atoms with Crippen LogP contribution in [0.3, 0.4) is 0 Å². The van der Waals surface area contributed by atoms with Crippen LogP contribution in [0.1, 0.15) is 56.9 Å². The monoisotopic (exact) mass is 342 g/mol. The maximum absolute atomic E-state index is 6.05. The molecule has 3 aliphatic rings. The summed E-state index contributed by atoms with van der Waals surface area (Å²) >= 11 is 0. The fourth-order valence-corrected chi connectivity index (χ4v) is 4.89. The van der Waals surface area contributed by atoms with Gasteiger partial charge in [0.1, 0.15) is 5.75 Å². The van der Waals surface area contributed by atoms with Gasteiger partial charge in [-0.2, -0.15) is 0 Å². The van der Waals surface area contributed by atoms with Crippen LogP contribution in [0.5, 0.6) is 5.75 Å². The van der Waals surface area contributed by atoms with Crippen LogP contribution in [0.4, 0.5) is 5.69 Å². The molecule has 2 fully saturated rings. The first kappa shape index (κ1) is 17.2. The number of hydrogen-bond donors (Lipinski definition) is 0. The molecule has 138 valence electrons. The Balaban J connectivity index is 1.24. The number of ether oxygens (including phenoxy) is 1. The standard InChI is InChI=1S/C22H34N2O/c1-4-12-23(13-5-1)14-6-16-25-21-9-10-22-20(17-21)11-15-24(22)18-19-7-2-3-8-19/h9-10,17,19H,1-8,11-16,18H2. The predicted octanol–water partition coefficient (Wildman–Crippen LogP) is 4.49. The van der Waals surface area contributed by atoms with Crippen molar-refractivity contribution in [2.75, 3.05) is 44.2 Å². The van der Waals surface area contributed by atoms with Crippen LogP contribution >= 0.6 is 0 Å². The van der Waals surface area contributed by atoms with Crippen molar-refractivity contribution in [2.24, 2.45) is 5.92 Å². The van der Waals surface area contributed by atoms with E-state index in [-0.39, 0.29) is 0 Å². The first-order valence-corrected chi connectivity index (χ1v) is 10.6. The van der Waals surface area contributed by atoms with Gasteiger partial charge in [-0.25, -0.2) is 0 Å². The number of anilines is 1. The Morgan fingerprint density at radius 2 is 1.80 bits per heavy atom. The van der Waals surface area contributed by atoms with Gasteiger partial charge in [0.25, 0.3) is 0 Å². The van der Waals surface area contributed by atoms with Crippen molar-refractivity contribution < 1.29 is 4.74 Å². The normalized spacial score (nSPS) is 21.7. The van der Waals surface area contributed by atoms with Gasteiger partial charge in [-0.1, -0.05) is 19.3 Å². The number of hydrogen-bond acceptors (Lipinski definition) is 3. The minimum absolute atomic E-state index is 0.848. The lowest BCUT2D eigenvalue weighted by atomic mass is 10.1. The average molecular weight is 343 g/mol. The van der Waals surface area contributed by atoms with Crippen LogP contribution in [0, 0.1) is 5.92 Å². The molecular formula is C22H34N2O. The molecule has 0 radical (unpaired) electrons. The fraction of sp³-hybridized carbons (Fsp3) is 0.727. The van der Waals surface area contributed by atoms with Gasteiger partial charge in [0, 0.05) is 25.3 Å². The van der Waals surface area contributed by atoms with E-state index in [4.69, 9.17) is 4.74 Å². The Bertz CT molecular complexity index is 547. The van der Waals surface area contributed by atoms with Gasteiger partial charge in [0.15, 0.2) is 0 Å². The molecule has 1 saturated carbocycles. The lowest BCUT2D eigenvalue weighted by Gasteiger charge is -2.26. The van der Waals surface area contributed by atoms with Gasteiger partial charge in [0.05, 0.1) is 6.61 Å². The molecule has 0 spiro atoms. The fourth-order valence-electron chi connectivity index (χ4n) is 4.89. The van der Waals surface area contributed by atoms with E-state index in [1.165, 1.54) is 95.3 Å². The van der Waals surface area contributed by atoms with Crippen molar-refractivity contribution in [3.8, 4) is 5.75 Å². The Labute approximate surface area is 153 Å². The van der Waals surface area contributed by atoms with Gasteiger partial charge in [-0.15, -0.1) is 0 Å². The molecule has 0 unspecified atom stereocenters. The summed E-state index contributed by atoms with van der Waals surface area (Å²) in [4.78, 5) is 5.21. The van der Waals surface area contributed by atoms with E-state index >= 15 is 0 Å². The van der Waals surface area contributed by atoms with Gasteiger partial charge >= 0.3 is 0 Å². The summed E-state index contributed by atoms with van der Waals surface area (Å²) in [5.74, 6) is 2.00. The third-order valence-electron chi connectivity index (χ3n) is 6.33. The predicted molar refractivity (Wildman–Crippen MR) is 105 cm³/mol. The van der Waals surface area contributed by atoms with Gasteiger partial charge in [-0.05, 0) is 81.3 Å². The molecule has 0 atom stereocenters. The molecule has 0 amide bonds. The van der Waals surface area contributed by atoms with E-state index in [2.05, 4.69) is 28.0 Å². The van der Waals surface area contributed by atoms with Crippen LogP contribution in [0.25, 0.3) is 0 Å². The lowest BCUT2D eigenvalue weighted by molar-refractivity contribution is 0.205. The average Bonchev–Trinajstić information content (AvgIpc) is 3.30. The zero-order valence-corrected chi connectivity index (χ0v) is 15.7. The van der Waals surface area contributed by atoms with Gasteiger partial charge in [0.2, 0.25) is 0 Å². The van der Waals surface area contributed by atoms with Crippen molar-refractivity contribution in [3.63, 3.8) is 0 Å². The molecule has 3 nitrogen and oxygen atoms in total. The minimum atomic E-state index is 0.848. The van der Waals surface area contributed by atoms with E-state index < -0.39 is 0 Å². The maximum atomic E-state index is 6.05. The maximum Gasteiger partial charge on any atom is 0.119 e. The number of rotatable bonds is 7. The molecular weight excluding hydrogens is 308 g/mol. The highest BCUT2D eigenvalue weighted by molar-refractivity contribution is 5.60. The van der Waals surface area contributed by atoms with E-state index in [1.54, 1.807) is 0 Å². The zero-order valence-electron chi connectivity index (χ0n) is 15.7. The number of nitrogens with zero attached hydrogens (tertiary/aromatic N) is 2. The summed E-state index contributed by atoms with van der Waals surface area (Å²) in [5, 5.41) is 0. The van der Waals surface area contributed by atoms with Crippen molar-refractivity contribution in [2.45, 2.75) is 57.8 Å². The summed E-state index contributed by atoms with van der Waals surface area (Å²) in [7, 11) is 0. The molecule has 1 aromatic carbocycles. The Hall–Kier alpha value is -1.22. The summed E-state index contributed by atoms with van der Waals surface area (Å²) in [6.07, 6.45) is 12.3. The summed E-state index contributed by atoms with van der Waals surface area (Å²) < 4.78 is 6.05. The minimum Gasteiger partial charge on any atom is -0.494 e. The van der Waals surface area contributed by atoms with Crippen LogP contribution < -0.4 is 9.64 Å². The highest BCUT2D eigenvalue weighted by atomic mass is 16.5. The Kier molecular flexibility index (Phi) is 5.81. The van der Waals surface area contributed by atoms with Crippen LogP contribution in [-0.4, -0.2) is 44.2 Å². The largest absolute Gasteiger partial charge is 0.494 e. The third kappa shape index (κ3) is 4.49. The van der Waals surface area contributed by atoms with E-state index in [1.807, 2.05) is 0 Å². The number of fused-ring (bicyclic) bond motifs is 1. The molecule has 1 saturated heterocycles. The van der Waals surface area contributed by atoms with E-state index in [0.29, 0.717) is 0 Å². The number of piperidine rings is 1. The first-order chi connectivity index (χ1) is 12.4. The molecule has 0 aromatic heterocycles. The third-order valence-corrected chi connectivity index (χ3v) is 6.33. The second kappa shape index (κ2) is 8.44. The summed E-state index contributed by atoms with van der Waals surface area (Å²) in [5.41, 5.74) is 2.96. The highest BCUT2D eigenvalue weighted by Crippen LogP contribution is 2.34. The van der Waals surface area contributed by atoms with Crippen molar-refractivity contribution >= 4 is 5.69 Å². The SMILES string of the molecule is c1cc2c(cc1OCCCN1CCCCC1)CCN2CC1CCCC1. The van der Waals surface area contributed by atoms with Gasteiger partial charge < -0.3 is 14.5 Å². The zero-order chi connectivity index (χ0) is 16.9. The molecule has 3 heteroatoms. The van der Waals surface area contributed by atoms with Crippen LogP contribution in [0.15, 0.2) is 18.2 Å². The van der Waals surface area contributed by atoms with Crippen molar-refractivity contribution in [3.05, 3.63) is 23.8 Å². The van der Waals surface area contributed by atoms with E-state index in [9.17, 15) is 0 Å². The molecule has 2 heterocycles. The molecule has 25 heavy (non-hydrogen) atoms. The van der Waals surface area contributed by atoms with Crippen molar-refractivity contribution in [1.29, 1.82) is 0 Å². The van der Waals surface area contributed by atoms with Crippen molar-refractivity contribution in [1.82, 2.24) is 4.90 Å². The number of benzene rings is 1. The Morgan fingerprint density at radius 3 is 2.64 bits per heavy atom. The molecule has 1 aliphatic carbocycles. The van der Waals surface area contributed by atoms with Crippen LogP contribution in [0.2, 0.25) is 0 Å². The van der Waals surface area contributed by atoms with E-state index in [0.717, 1.165) is 24.7 Å². The summed E-state index contributed by atoms with van der Waals surface area (Å²) in [6, 6.07) is 6.79. The summed E-state index contributed by atoms with van der Waals surface area (Å²) in [6.45, 7) is 7.08. The second-order valence-corrected chi connectivity index (χ2v) is 8.24. The van der Waals surface area contributed by atoms with Gasteiger partial charge in [-0.3, -0.25) is 0 Å². The smallest absolute Gasteiger partial charge is 0.119 e. The number of likely N-dealkylation sites (tertiary alicyclic amines) is 1. The highest BCUT2D eigenvalue weighted by Gasteiger charge is 2.24. The Morgan fingerprint density at radius 1 is 0.960 bits per heavy atom.